The fourth-order valence-corrected chi connectivity index (χ4v) is 2.38. The van der Waals surface area contributed by atoms with Gasteiger partial charge in [-0.3, -0.25) is 4.79 Å². The van der Waals surface area contributed by atoms with Crippen LogP contribution in [0.2, 0.25) is 0 Å². The van der Waals surface area contributed by atoms with Gasteiger partial charge in [-0.15, -0.1) is 5.10 Å². The third-order valence-corrected chi connectivity index (χ3v) is 3.69. The van der Waals surface area contributed by atoms with Gasteiger partial charge in [-0.2, -0.15) is 0 Å². The normalized spacial score (nSPS) is 10.5. The van der Waals surface area contributed by atoms with E-state index in [1.807, 2.05) is 62.4 Å². The molecule has 0 unspecified atom stereocenters. The first kappa shape index (κ1) is 16.7. The molecule has 25 heavy (non-hydrogen) atoms. The van der Waals surface area contributed by atoms with Crippen LogP contribution in [0.25, 0.3) is 5.69 Å². The number of benzene rings is 2. The topological polar surface area (TPSA) is 69.0 Å². The van der Waals surface area contributed by atoms with Crippen molar-refractivity contribution in [2.75, 3.05) is 6.61 Å². The highest BCUT2D eigenvalue weighted by molar-refractivity contribution is 5.91. The van der Waals surface area contributed by atoms with Crippen LogP contribution in [0.1, 0.15) is 28.5 Å². The summed E-state index contributed by atoms with van der Waals surface area (Å²) in [5, 5.41) is 10.8. The Hall–Kier alpha value is -3.15. The van der Waals surface area contributed by atoms with Crippen LogP contribution in [0.15, 0.2) is 54.7 Å². The predicted molar refractivity (Wildman–Crippen MR) is 94.9 cm³/mol. The van der Waals surface area contributed by atoms with Gasteiger partial charge < -0.3 is 10.1 Å². The first-order chi connectivity index (χ1) is 12.2. The van der Waals surface area contributed by atoms with E-state index in [2.05, 4.69) is 15.6 Å². The molecule has 1 N–H and O–H groups in total. The number of aromatic nitrogens is 3. The third-order valence-electron chi connectivity index (χ3n) is 3.69. The summed E-state index contributed by atoms with van der Waals surface area (Å²) in [6.45, 7) is 4.96. The predicted octanol–water partition coefficient (Wildman–Crippen LogP) is 2.90. The SMILES string of the molecule is CCOc1cccc(CNC(=O)c2cn(-c3ccc(C)cc3)nn2)c1. The molecular weight excluding hydrogens is 316 g/mol. The molecule has 0 aliphatic heterocycles. The zero-order chi connectivity index (χ0) is 17.6. The maximum atomic E-state index is 12.3. The number of carbonyl (C=O) groups excluding carboxylic acids is 1. The summed E-state index contributed by atoms with van der Waals surface area (Å²) < 4.78 is 7.05. The van der Waals surface area contributed by atoms with Crippen LogP contribution >= 0.6 is 0 Å². The largest absolute Gasteiger partial charge is 0.494 e. The highest BCUT2D eigenvalue weighted by atomic mass is 16.5. The van der Waals surface area contributed by atoms with E-state index >= 15 is 0 Å². The molecule has 0 atom stereocenters. The van der Waals surface area contributed by atoms with E-state index in [4.69, 9.17) is 4.74 Å². The Labute approximate surface area is 146 Å². The number of hydrogen-bond acceptors (Lipinski definition) is 4. The molecule has 1 heterocycles. The zero-order valence-electron chi connectivity index (χ0n) is 14.3. The van der Waals surface area contributed by atoms with Gasteiger partial charge in [0.2, 0.25) is 0 Å². The number of carbonyl (C=O) groups is 1. The highest BCUT2D eigenvalue weighted by Crippen LogP contribution is 2.13. The molecule has 0 saturated heterocycles. The van der Waals surface area contributed by atoms with E-state index in [1.54, 1.807) is 10.9 Å². The Morgan fingerprint density at radius 1 is 1.20 bits per heavy atom. The monoisotopic (exact) mass is 336 g/mol. The van der Waals surface area contributed by atoms with E-state index in [0.29, 0.717) is 13.2 Å². The Bertz CT molecular complexity index is 856. The molecule has 128 valence electrons. The lowest BCUT2D eigenvalue weighted by Gasteiger charge is -2.06. The summed E-state index contributed by atoms with van der Waals surface area (Å²) in [4.78, 5) is 12.3. The third kappa shape index (κ3) is 4.23. The summed E-state index contributed by atoms with van der Waals surface area (Å²) >= 11 is 0. The Kier molecular flexibility index (Phi) is 5.09. The van der Waals surface area contributed by atoms with Crippen molar-refractivity contribution in [3.63, 3.8) is 0 Å². The molecule has 0 radical (unpaired) electrons. The molecule has 2 aromatic carbocycles. The van der Waals surface area contributed by atoms with Crippen LogP contribution in [-0.2, 0) is 6.54 Å². The van der Waals surface area contributed by atoms with Gasteiger partial charge in [0.1, 0.15) is 5.75 Å². The minimum Gasteiger partial charge on any atom is -0.494 e. The van der Waals surface area contributed by atoms with Gasteiger partial charge >= 0.3 is 0 Å². The van der Waals surface area contributed by atoms with Crippen molar-refractivity contribution >= 4 is 5.91 Å². The molecule has 3 aromatic rings. The van der Waals surface area contributed by atoms with Crippen molar-refractivity contribution < 1.29 is 9.53 Å². The summed E-state index contributed by atoms with van der Waals surface area (Å²) in [5.74, 6) is 0.528. The maximum Gasteiger partial charge on any atom is 0.273 e. The molecule has 6 heteroatoms. The standard InChI is InChI=1S/C19H20N4O2/c1-3-25-17-6-4-5-15(11-17)12-20-19(24)18-13-23(22-21-18)16-9-7-14(2)8-10-16/h4-11,13H,3,12H2,1-2H3,(H,20,24). The number of aryl methyl sites for hydroxylation is 1. The molecule has 0 aliphatic rings. The van der Waals surface area contributed by atoms with Crippen molar-refractivity contribution in [3.8, 4) is 11.4 Å². The number of nitrogens with one attached hydrogen (secondary N) is 1. The van der Waals surface area contributed by atoms with E-state index in [0.717, 1.165) is 22.6 Å². The van der Waals surface area contributed by atoms with Crippen LogP contribution in [0.3, 0.4) is 0 Å². The van der Waals surface area contributed by atoms with E-state index in [9.17, 15) is 4.79 Å². The van der Waals surface area contributed by atoms with E-state index in [-0.39, 0.29) is 11.6 Å². The minimum absolute atomic E-state index is 0.264. The van der Waals surface area contributed by atoms with Crippen LogP contribution in [-0.4, -0.2) is 27.5 Å². The van der Waals surface area contributed by atoms with Gasteiger partial charge in [-0.1, -0.05) is 35.0 Å². The van der Waals surface area contributed by atoms with Crippen molar-refractivity contribution in [1.82, 2.24) is 20.3 Å². The Balaban J connectivity index is 1.64. The van der Waals surface area contributed by atoms with Gasteiger partial charge in [0.15, 0.2) is 5.69 Å². The molecule has 0 aliphatic carbocycles. The van der Waals surface area contributed by atoms with Gasteiger partial charge in [-0.05, 0) is 43.7 Å². The number of amides is 1. The average Bonchev–Trinajstić information content (AvgIpc) is 3.11. The Morgan fingerprint density at radius 3 is 2.76 bits per heavy atom. The Morgan fingerprint density at radius 2 is 2.00 bits per heavy atom. The highest BCUT2D eigenvalue weighted by Gasteiger charge is 2.11. The molecule has 0 spiro atoms. The minimum atomic E-state index is -0.264. The van der Waals surface area contributed by atoms with Crippen LogP contribution < -0.4 is 10.1 Å². The number of rotatable bonds is 6. The zero-order valence-corrected chi connectivity index (χ0v) is 14.3. The second-order valence-corrected chi connectivity index (χ2v) is 5.65. The summed E-state index contributed by atoms with van der Waals surface area (Å²) in [6.07, 6.45) is 1.62. The fraction of sp³-hybridized carbons (Fsp3) is 0.211. The number of nitrogens with zero attached hydrogens (tertiary/aromatic N) is 3. The second kappa shape index (κ2) is 7.61. The quantitative estimate of drug-likeness (QED) is 0.751. The summed E-state index contributed by atoms with van der Waals surface area (Å²) in [5.41, 5.74) is 3.27. The van der Waals surface area contributed by atoms with Crippen LogP contribution in [0, 0.1) is 6.92 Å². The number of hydrogen-bond donors (Lipinski definition) is 1. The van der Waals surface area contributed by atoms with Gasteiger partial charge in [0, 0.05) is 6.54 Å². The smallest absolute Gasteiger partial charge is 0.273 e. The molecule has 6 nitrogen and oxygen atoms in total. The van der Waals surface area contributed by atoms with Gasteiger partial charge in [0.05, 0.1) is 18.5 Å². The first-order valence-corrected chi connectivity index (χ1v) is 8.15. The van der Waals surface area contributed by atoms with Crippen molar-refractivity contribution in [3.05, 3.63) is 71.5 Å². The van der Waals surface area contributed by atoms with Crippen LogP contribution in [0.5, 0.6) is 5.75 Å². The van der Waals surface area contributed by atoms with E-state index in [1.165, 1.54) is 0 Å². The van der Waals surface area contributed by atoms with E-state index < -0.39 is 0 Å². The molecule has 3 rings (SSSR count). The molecular formula is C19H20N4O2. The first-order valence-electron chi connectivity index (χ1n) is 8.15. The summed E-state index contributed by atoms with van der Waals surface area (Å²) in [7, 11) is 0. The van der Waals surface area contributed by atoms with Crippen molar-refractivity contribution in [2.24, 2.45) is 0 Å². The van der Waals surface area contributed by atoms with Gasteiger partial charge in [-0.25, -0.2) is 4.68 Å². The van der Waals surface area contributed by atoms with Gasteiger partial charge in [0.25, 0.3) is 5.91 Å². The fourth-order valence-electron chi connectivity index (χ4n) is 2.38. The lowest BCUT2D eigenvalue weighted by atomic mass is 10.2. The molecule has 0 saturated carbocycles. The lowest BCUT2D eigenvalue weighted by Crippen LogP contribution is -2.23. The maximum absolute atomic E-state index is 12.3. The van der Waals surface area contributed by atoms with Crippen molar-refractivity contribution in [2.45, 2.75) is 20.4 Å². The molecule has 0 bridgehead atoms. The second-order valence-electron chi connectivity index (χ2n) is 5.65. The number of ether oxygens (including phenoxy) is 1. The van der Waals surface area contributed by atoms with Crippen molar-refractivity contribution in [1.29, 1.82) is 0 Å². The average molecular weight is 336 g/mol. The molecule has 0 fully saturated rings. The molecule has 1 amide bonds. The molecule has 1 aromatic heterocycles. The summed E-state index contributed by atoms with van der Waals surface area (Å²) in [6, 6.07) is 15.5. The van der Waals surface area contributed by atoms with Crippen LogP contribution in [0.4, 0.5) is 0 Å². The lowest BCUT2D eigenvalue weighted by molar-refractivity contribution is 0.0946.